The van der Waals surface area contributed by atoms with Crippen molar-refractivity contribution in [1.82, 2.24) is 14.7 Å². The maximum atomic E-state index is 13.7. The van der Waals surface area contributed by atoms with E-state index in [0.29, 0.717) is 12.0 Å². The highest BCUT2D eigenvalue weighted by atomic mass is 19.1. The van der Waals surface area contributed by atoms with Crippen LogP contribution in [-0.4, -0.2) is 15.3 Å². The van der Waals surface area contributed by atoms with Crippen LogP contribution in [0.1, 0.15) is 28.9 Å². The molecule has 0 aliphatic heterocycles. The molecular formula is C20H20FN3O. The van der Waals surface area contributed by atoms with Gasteiger partial charge < -0.3 is 9.72 Å². The van der Waals surface area contributed by atoms with E-state index in [1.54, 1.807) is 18.2 Å². The van der Waals surface area contributed by atoms with Crippen molar-refractivity contribution in [2.75, 3.05) is 0 Å². The van der Waals surface area contributed by atoms with Gasteiger partial charge in [0.15, 0.2) is 0 Å². The van der Waals surface area contributed by atoms with Crippen LogP contribution in [-0.2, 0) is 24.2 Å². The number of rotatable bonds is 3. The highest BCUT2D eigenvalue weighted by molar-refractivity contribution is 5.79. The summed E-state index contributed by atoms with van der Waals surface area (Å²) in [5.41, 5.74) is 4.83. The minimum absolute atomic E-state index is 0.0176. The smallest absolute Gasteiger partial charge is 0.223 e. The number of hydrogen-bond donors (Lipinski definition) is 1. The Morgan fingerprint density at radius 1 is 1.36 bits per heavy atom. The van der Waals surface area contributed by atoms with Gasteiger partial charge in [0.2, 0.25) is 5.91 Å². The van der Waals surface area contributed by atoms with Crippen molar-refractivity contribution in [2.45, 2.75) is 32.7 Å². The normalized spacial score (nSPS) is 16.6. The van der Waals surface area contributed by atoms with Crippen LogP contribution in [0.5, 0.6) is 0 Å². The Kier molecular flexibility index (Phi) is 3.99. The molecule has 1 aliphatic rings. The van der Waals surface area contributed by atoms with Gasteiger partial charge in [0.25, 0.3) is 0 Å². The topological polar surface area (TPSA) is 46.4 Å². The lowest BCUT2D eigenvalue weighted by atomic mass is 9.89. The number of hydrogen-bond acceptors (Lipinski definition) is 2. The maximum absolute atomic E-state index is 13.7. The van der Waals surface area contributed by atoms with Gasteiger partial charge in [-0.3, -0.25) is 4.79 Å². The summed E-state index contributed by atoms with van der Waals surface area (Å²) in [5.74, 6) is -0.401. The number of aryl methyl sites for hydroxylation is 2. The fraction of sp³-hybridized carbons (Fsp3) is 0.300. The highest BCUT2D eigenvalue weighted by Gasteiger charge is 2.28. The molecule has 1 atom stereocenters. The number of benzene rings is 1. The average Bonchev–Trinajstić information content (AvgIpc) is 2.97. The van der Waals surface area contributed by atoms with Crippen molar-refractivity contribution in [2.24, 2.45) is 5.92 Å². The predicted octanol–water partition coefficient (Wildman–Crippen LogP) is 3.20. The molecular weight excluding hydrogens is 317 g/mol. The van der Waals surface area contributed by atoms with Crippen molar-refractivity contribution in [3.63, 3.8) is 0 Å². The number of imidazole rings is 1. The number of carbonyl (C=O) groups is 1. The molecule has 4 rings (SSSR count). The number of fused-ring (bicyclic) bond motifs is 3. The van der Waals surface area contributed by atoms with Crippen molar-refractivity contribution in [3.05, 3.63) is 70.9 Å². The number of nitrogens with zero attached hydrogens (tertiary/aromatic N) is 2. The van der Waals surface area contributed by atoms with Crippen molar-refractivity contribution >= 4 is 11.6 Å². The van der Waals surface area contributed by atoms with Crippen molar-refractivity contribution in [1.29, 1.82) is 0 Å². The second-order valence-electron chi connectivity index (χ2n) is 6.69. The van der Waals surface area contributed by atoms with Crippen LogP contribution in [0, 0.1) is 18.7 Å². The molecule has 2 heterocycles. The Bertz CT molecular complexity index is 947. The zero-order chi connectivity index (χ0) is 17.4. The van der Waals surface area contributed by atoms with E-state index in [9.17, 15) is 9.18 Å². The lowest BCUT2D eigenvalue weighted by Crippen LogP contribution is -2.34. The number of carbonyl (C=O) groups excluding carboxylic acids is 1. The summed E-state index contributed by atoms with van der Waals surface area (Å²) in [5, 5.41) is 2.88. The molecule has 25 heavy (non-hydrogen) atoms. The zero-order valence-electron chi connectivity index (χ0n) is 14.1. The third kappa shape index (κ3) is 3.02. The Morgan fingerprint density at radius 2 is 2.20 bits per heavy atom. The minimum atomic E-state index is -0.286. The fourth-order valence-electron chi connectivity index (χ4n) is 3.50. The monoisotopic (exact) mass is 337 g/mol. The van der Waals surface area contributed by atoms with Gasteiger partial charge in [-0.15, -0.1) is 0 Å². The largest absolute Gasteiger partial charge is 0.352 e. The summed E-state index contributed by atoms with van der Waals surface area (Å²) in [6.07, 6.45) is 4.27. The van der Waals surface area contributed by atoms with Crippen LogP contribution >= 0.6 is 0 Å². The number of nitrogens with one attached hydrogen (secondary N) is 1. The van der Waals surface area contributed by atoms with Crippen LogP contribution in [0.2, 0.25) is 0 Å². The molecule has 1 amide bonds. The van der Waals surface area contributed by atoms with Crippen LogP contribution in [0.15, 0.2) is 42.6 Å². The summed E-state index contributed by atoms with van der Waals surface area (Å²) >= 11 is 0. The number of amides is 1. The second-order valence-corrected chi connectivity index (χ2v) is 6.69. The van der Waals surface area contributed by atoms with Crippen molar-refractivity contribution < 1.29 is 9.18 Å². The molecule has 0 fully saturated rings. The summed E-state index contributed by atoms with van der Waals surface area (Å²) in [6.45, 7) is 2.27. The van der Waals surface area contributed by atoms with Crippen LogP contribution in [0.25, 0.3) is 5.65 Å². The lowest BCUT2D eigenvalue weighted by Gasteiger charge is -2.21. The molecule has 0 saturated heterocycles. The predicted molar refractivity (Wildman–Crippen MR) is 93.7 cm³/mol. The Labute approximate surface area is 145 Å². The van der Waals surface area contributed by atoms with E-state index in [-0.39, 0.29) is 24.2 Å². The van der Waals surface area contributed by atoms with Gasteiger partial charge in [0, 0.05) is 36.3 Å². The van der Waals surface area contributed by atoms with Gasteiger partial charge in [-0.25, -0.2) is 9.37 Å². The van der Waals surface area contributed by atoms with Gasteiger partial charge in [0.05, 0.1) is 5.69 Å². The SMILES string of the molecule is Cc1ccn2c3c(nc2c1)CCC(C(=O)NCc1ccccc1F)C3. The van der Waals surface area contributed by atoms with Crippen LogP contribution in [0.4, 0.5) is 4.39 Å². The maximum Gasteiger partial charge on any atom is 0.223 e. The zero-order valence-corrected chi connectivity index (χ0v) is 14.1. The van der Waals surface area contributed by atoms with E-state index in [0.717, 1.165) is 29.9 Å². The highest BCUT2D eigenvalue weighted by Crippen LogP contribution is 2.27. The fourth-order valence-corrected chi connectivity index (χ4v) is 3.50. The van der Waals surface area contributed by atoms with Crippen LogP contribution < -0.4 is 5.32 Å². The first-order valence-electron chi connectivity index (χ1n) is 8.59. The summed E-state index contributed by atoms with van der Waals surface area (Å²) in [4.78, 5) is 17.2. The molecule has 0 saturated carbocycles. The van der Waals surface area contributed by atoms with E-state index in [1.165, 1.54) is 11.6 Å². The van der Waals surface area contributed by atoms with E-state index < -0.39 is 0 Å². The second kappa shape index (κ2) is 6.31. The Balaban J connectivity index is 1.49. The molecule has 0 bridgehead atoms. The number of pyridine rings is 1. The third-order valence-corrected chi connectivity index (χ3v) is 4.91. The standard InChI is InChI=1S/C20H20FN3O/c1-13-8-9-24-18-11-14(6-7-17(18)23-19(24)10-13)20(25)22-12-15-4-2-3-5-16(15)21/h2-5,8-10,14H,6-7,11-12H2,1H3,(H,22,25). The van der Waals surface area contributed by atoms with E-state index >= 15 is 0 Å². The quantitative estimate of drug-likeness (QED) is 0.798. The molecule has 0 radical (unpaired) electrons. The molecule has 1 aromatic carbocycles. The van der Waals surface area contributed by atoms with Gasteiger partial charge in [-0.05, 0) is 43.5 Å². The van der Waals surface area contributed by atoms with E-state index in [4.69, 9.17) is 4.98 Å². The van der Waals surface area contributed by atoms with Gasteiger partial charge in [-0.2, -0.15) is 0 Å². The summed E-state index contributed by atoms with van der Waals surface area (Å²) in [6, 6.07) is 10.6. The molecule has 128 valence electrons. The van der Waals surface area contributed by atoms with Gasteiger partial charge in [-0.1, -0.05) is 18.2 Å². The first-order chi connectivity index (χ1) is 12.1. The summed E-state index contributed by atoms with van der Waals surface area (Å²) < 4.78 is 15.8. The molecule has 1 unspecified atom stereocenters. The molecule has 1 aliphatic carbocycles. The van der Waals surface area contributed by atoms with E-state index in [1.807, 2.05) is 13.1 Å². The first kappa shape index (κ1) is 15.8. The van der Waals surface area contributed by atoms with E-state index in [2.05, 4.69) is 21.9 Å². The van der Waals surface area contributed by atoms with Crippen LogP contribution in [0.3, 0.4) is 0 Å². The third-order valence-electron chi connectivity index (χ3n) is 4.91. The minimum Gasteiger partial charge on any atom is -0.352 e. The number of aromatic nitrogens is 2. The average molecular weight is 337 g/mol. The molecule has 5 heteroatoms. The number of halogens is 1. The first-order valence-corrected chi connectivity index (χ1v) is 8.59. The molecule has 3 aromatic rings. The Morgan fingerprint density at radius 3 is 3.04 bits per heavy atom. The lowest BCUT2D eigenvalue weighted by molar-refractivity contribution is -0.125. The molecule has 1 N–H and O–H groups in total. The molecule has 0 spiro atoms. The molecule has 4 nitrogen and oxygen atoms in total. The Hall–Kier alpha value is -2.69. The summed E-state index contributed by atoms with van der Waals surface area (Å²) in [7, 11) is 0. The molecule has 2 aromatic heterocycles. The van der Waals surface area contributed by atoms with Crippen molar-refractivity contribution in [3.8, 4) is 0 Å². The van der Waals surface area contributed by atoms with Gasteiger partial charge in [0.1, 0.15) is 11.5 Å². The van der Waals surface area contributed by atoms with Gasteiger partial charge >= 0.3 is 0 Å².